The Morgan fingerprint density at radius 3 is 1.88 bits per heavy atom. The van der Waals surface area contributed by atoms with Gasteiger partial charge in [-0.05, 0) is 41.5 Å². The molecule has 8 rings (SSSR count). The van der Waals surface area contributed by atoms with E-state index in [1.807, 2.05) is 42.5 Å². The van der Waals surface area contributed by atoms with Crippen LogP contribution in [0.4, 0.5) is 0 Å². The molecule has 0 aliphatic carbocycles. The van der Waals surface area contributed by atoms with Crippen LogP contribution in [0.2, 0.25) is 0 Å². The van der Waals surface area contributed by atoms with E-state index in [1.54, 1.807) is 0 Å². The molecule has 0 radical (unpaired) electrons. The third kappa shape index (κ3) is 4.07. The number of aromatic nitrogens is 2. The third-order valence-electron chi connectivity index (χ3n) is 7.70. The Morgan fingerprint density at radius 2 is 1.07 bits per heavy atom. The largest absolute Gasteiger partial charge is 0.456 e. The fourth-order valence-electron chi connectivity index (χ4n) is 5.70. The molecule has 3 nitrogen and oxygen atoms in total. The molecule has 0 amide bonds. The summed E-state index contributed by atoms with van der Waals surface area (Å²) < 4.78 is 6.13. The second-order valence-electron chi connectivity index (χ2n) is 10.2. The SMILES string of the molecule is c1ccc(-c2ccc3c(-c4ccccc4)nc(-c4ccc(-c5cccc6oc7ccccc7c56)cc4)cc3n2)cc1. The molecular formula is C38H24N2O. The first-order valence-corrected chi connectivity index (χ1v) is 13.8. The maximum absolute atomic E-state index is 6.13. The summed E-state index contributed by atoms with van der Waals surface area (Å²) in [5.41, 5.74) is 11.0. The third-order valence-corrected chi connectivity index (χ3v) is 7.70. The number of furan rings is 1. The van der Waals surface area contributed by atoms with E-state index in [0.717, 1.165) is 77.7 Å². The van der Waals surface area contributed by atoms with Gasteiger partial charge >= 0.3 is 0 Å². The molecule has 0 saturated carbocycles. The van der Waals surface area contributed by atoms with E-state index in [0.29, 0.717) is 0 Å². The van der Waals surface area contributed by atoms with Gasteiger partial charge in [-0.25, -0.2) is 9.97 Å². The normalized spacial score (nSPS) is 11.4. The summed E-state index contributed by atoms with van der Waals surface area (Å²) >= 11 is 0. The van der Waals surface area contributed by atoms with Crippen LogP contribution >= 0.6 is 0 Å². The van der Waals surface area contributed by atoms with Gasteiger partial charge in [0.25, 0.3) is 0 Å². The molecule has 0 aliphatic rings. The van der Waals surface area contributed by atoms with Gasteiger partial charge in [0.15, 0.2) is 0 Å². The van der Waals surface area contributed by atoms with Crippen LogP contribution in [0.25, 0.3) is 77.7 Å². The Hall–Kier alpha value is -5.54. The van der Waals surface area contributed by atoms with E-state index >= 15 is 0 Å². The van der Waals surface area contributed by atoms with Crippen molar-refractivity contribution in [1.29, 1.82) is 0 Å². The predicted molar refractivity (Wildman–Crippen MR) is 169 cm³/mol. The quantitative estimate of drug-likeness (QED) is 0.230. The van der Waals surface area contributed by atoms with Crippen molar-refractivity contribution in [3.8, 4) is 44.9 Å². The molecule has 3 heterocycles. The number of benzene rings is 5. The summed E-state index contributed by atoms with van der Waals surface area (Å²) in [6.07, 6.45) is 0. The number of fused-ring (bicyclic) bond motifs is 4. The van der Waals surface area contributed by atoms with Crippen LogP contribution in [-0.4, -0.2) is 9.97 Å². The number of hydrogen-bond donors (Lipinski definition) is 0. The molecule has 0 atom stereocenters. The lowest BCUT2D eigenvalue weighted by atomic mass is 9.97. The fraction of sp³-hybridized carbons (Fsp3) is 0. The molecule has 0 spiro atoms. The van der Waals surface area contributed by atoms with Gasteiger partial charge in [-0.1, -0.05) is 115 Å². The molecule has 5 aromatic carbocycles. The van der Waals surface area contributed by atoms with Gasteiger partial charge in [-0.2, -0.15) is 0 Å². The molecular weight excluding hydrogens is 500 g/mol. The Bertz CT molecular complexity index is 2180. The van der Waals surface area contributed by atoms with Crippen molar-refractivity contribution in [1.82, 2.24) is 9.97 Å². The van der Waals surface area contributed by atoms with Crippen LogP contribution < -0.4 is 0 Å². The predicted octanol–water partition coefficient (Wildman–Crippen LogP) is 10.2. The van der Waals surface area contributed by atoms with Gasteiger partial charge in [-0.3, -0.25) is 0 Å². The lowest BCUT2D eigenvalue weighted by molar-refractivity contribution is 0.669. The highest BCUT2D eigenvalue weighted by Crippen LogP contribution is 2.38. The molecule has 41 heavy (non-hydrogen) atoms. The van der Waals surface area contributed by atoms with Crippen LogP contribution in [-0.2, 0) is 0 Å². The molecule has 0 aliphatic heterocycles. The molecule has 0 bridgehead atoms. The van der Waals surface area contributed by atoms with Crippen LogP contribution in [0.3, 0.4) is 0 Å². The minimum Gasteiger partial charge on any atom is -0.456 e. The van der Waals surface area contributed by atoms with Crippen LogP contribution in [0.5, 0.6) is 0 Å². The average Bonchev–Trinajstić information content (AvgIpc) is 3.44. The first-order valence-electron chi connectivity index (χ1n) is 13.8. The van der Waals surface area contributed by atoms with Crippen molar-refractivity contribution in [3.63, 3.8) is 0 Å². The molecule has 192 valence electrons. The monoisotopic (exact) mass is 524 g/mol. The molecule has 3 heteroatoms. The number of rotatable bonds is 4. The number of nitrogens with zero attached hydrogens (tertiary/aromatic N) is 2. The first-order chi connectivity index (χ1) is 20.3. The first kappa shape index (κ1) is 23.4. The van der Waals surface area contributed by atoms with E-state index < -0.39 is 0 Å². The molecule has 0 saturated heterocycles. The molecule has 0 fully saturated rings. The lowest BCUT2D eigenvalue weighted by Gasteiger charge is -2.12. The smallest absolute Gasteiger partial charge is 0.136 e. The Labute approximate surface area is 237 Å². The summed E-state index contributed by atoms with van der Waals surface area (Å²) in [5.74, 6) is 0. The summed E-state index contributed by atoms with van der Waals surface area (Å²) in [5, 5.41) is 3.31. The van der Waals surface area contributed by atoms with Crippen LogP contribution in [0.15, 0.2) is 150 Å². The Kier molecular flexibility index (Phi) is 5.46. The van der Waals surface area contributed by atoms with E-state index in [2.05, 4.69) is 103 Å². The van der Waals surface area contributed by atoms with Crippen LogP contribution in [0.1, 0.15) is 0 Å². The number of para-hydroxylation sites is 1. The highest BCUT2D eigenvalue weighted by atomic mass is 16.3. The Morgan fingerprint density at radius 1 is 0.415 bits per heavy atom. The standard InChI is InChI=1S/C38H24N2O/c1-3-10-26(11-4-1)32-23-22-30-34(39-32)24-33(40-38(30)28-12-5-2-6-13-28)27-20-18-25(19-21-27)29-15-9-17-36-37(29)31-14-7-8-16-35(31)41-36/h1-24H. The fourth-order valence-corrected chi connectivity index (χ4v) is 5.70. The highest BCUT2D eigenvalue weighted by molar-refractivity contribution is 6.12. The van der Waals surface area contributed by atoms with E-state index in [9.17, 15) is 0 Å². The zero-order chi connectivity index (χ0) is 27.2. The Balaban J connectivity index is 1.27. The topological polar surface area (TPSA) is 38.9 Å². The highest BCUT2D eigenvalue weighted by Gasteiger charge is 2.14. The summed E-state index contributed by atoms with van der Waals surface area (Å²) in [6.45, 7) is 0. The molecule has 0 N–H and O–H groups in total. The molecule has 0 unspecified atom stereocenters. The summed E-state index contributed by atoms with van der Waals surface area (Å²) in [7, 11) is 0. The van der Waals surface area contributed by atoms with Gasteiger partial charge in [0, 0.05) is 32.8 Å². The lowest BCUT2D eigenvalue weighted by Crippen LogP contribution is -1.94. The average molecular weight is 525 g/mol. The zero-order valence-electron chi connectivity index (χ0n) is 22.2. The second kappa shape index (κ2) is 9.58. The minimum atomic E-state index is 0.896. The van der Waals surface area contributed by atoms with E-state index in [-0.39, 0.29) is 0 Å². The van der Waals surface area contributed by atoms with Crippen molar-refractivity contribution in [2.45, 2.75) is 0 Å². The van der Waals surface area contributed by atoms with E-state index in [1.165, 1.54) is 0 Å². The van der Waals surface area contributed by atoms with Crippen molar-refractivity contribution >= 4 is 32.8 Å². The zero-order valence-corrected chi connectivity index (χ0v) is 22.2. The molecule has 8 aromatic rings. The van der Waals surface area contributed by atoms with E-state index in [4.69, 9.17) is 14.4 Å². The second-order valence-corrected chi connectivity index (χ2v) is 10.2. The van der Waals surface area contributed by atoms with Crippen molar-refractivity contribution in [2.24, 2.45) is 0 Å². The summed E-state index contributed by atoms with van der Waals surface area (Å²) in [6, 6.07) is 50.1. The van der Waals surface area contributed by atoms with Crippen molar-refractivity contribution in [3.05, 3.63) is 146 Å². The maximum atomic E-state index is 6.13. The summed E-state index contributed by atoms with van der Waals surface area (Å²) in [4.78, 5) is 10.3. The number of hydrogen-bond acceptors (Lipinski definition) is 3. The van der Waals surface area contributed by atoms with Crippen molar-refractivity contribution in [2.75, 3.05) is 0 Å². The van der Waals surface area contributed by atoms with Gasteiger partial charge in [0.1, 0.15) is 11.2 Å². The maximum Gasteiger partial charge on any atom is 0.136 e. The number of pyridine rings is 2. The van der Waals surface area contributed by atoms with Gasteiger partial charge in [0.2, 0.25) is 0 Å². The minimum absolute atomic E-state index is 0.896. The van der Waals surface area contributed by atoms with Crippen molar-refractivity contribution < 1.29 is 4.42 Å². The van der Waals surface area contributed by atoms with Gasteiger partial charge < -0.3 is 4.42 Å². The van der Waals surface area contributed by atoms with Crippen LogP contribution in [0, 0.1) is 0 Å². The van der Waals surface area contributed by atoms with Gasteiger partial charge in [0.05, 0.1) is 22.6 Å². The van der Waals surface area contributed by atoms with Gasteiger partial charge in [-0.15, -0.1) is 0 Å². The molecule has 3 aromatic heterocycles.